The summed E-state index contributed by atoms with van der Waals surface area (Å²) in [6.45, 7) is 5.87. The monoisotopic (exact) mass is 346 g/mol. The molecule has 24 heavy (non-hydrogen) atoms. The fourth-order valence-electron chi connectivity index (χ4n) is 3.32. The normalized spacial score (nSPS) is 18.6. The molecule has 2 aromatic rings. The smallest absolute Gasteiger partial charge is 0.222 e. The number of thiophene rings is 1. The maximum atomic E-state index is 12.3. The predicted octanol–water partition coefficient (Wildman–Crippen LogP) is 2.68. The van der Waals surface area contributed by atoms with Crippen LogP contribution in [0.3, 0.4) is 0 Å². The largest absolute Gasteiger partial charge is 0.352 e. The second-order valence-corrected chi connectivity index (χ2v) is 7.39. The first-order valence-corrected chi connectivity index (χ1v) is 9.66. The van der Waals surface area contributed by atoms with Crippen molar-refractivity contribution in [2.24, 2.45) is 0 Å². The number of nitrogens with one attached hydrogen (secondary N) is 1. The zero-order valence-corrected chi connectivity index (χ0v) is 15.1. The lowest BCUT2D eigenvalue weighted by Crippen LogP contribution is -2.47. The first-order valence-electron chi connectivity index (χ1n) is 8.78. The van der Waals surface area contributed by atoms with Gasteiger partial charge in [-0.25, -0.2) is 4.98 Å². The summed E-state index contributed by atoms with van der Waals surface area (Å²) in [7, 11) is 0. The number of hydrogen-bond acceptors (Lipinski definition) is 4. The molecule has 2 aromatic heterocycles. The Kier molecular flexibility index (Phi) is 6.04. The van der Waals surface area contributed by atoms with Crippen molar-refractivity contribution in [3.05, 3.63) is 40.6 Å². The highest BCUT2D eigenvalue weighted by atomic mass is 32.1. The molecule has 1 aliphatic rings. The number of piperidine rings is 1. The standard InChI is InChI=1S/C18H26N4OS/c1-2-17-19-8-11-22(17)10-7-18(23)20-15-5-3-9-21(13-15)14-16-6-4-12-24-16/h4,6,8,11-12,15H,2-3,5,7,9-10,13-14H2,1H3,(H,20,23). The van der Waals surface area contributed by atoms with Crippen LogP contribution in [0.2, 0.25) is 0 Å². The molecule has 1 unspecified atom stereocenters. The SMILES string of the molecule is CCc1nccn1CCC(=O)NC1CCCN(Cc2cccs2)C1. The van der Waals surface area contributed by atoms with Crippen molar-refractivity contribution < 1.29 is 4.79 Å². The highest BCUT2D eigenvalue weighted by Gasteiger charge is 2.21. The molecule has 130 valence electrons. The number of hydrogen-bond donors (Lipinski definition) is 1. The fourth-order valence-corrected chi connectivity index (χ4v) is 4.07. The molecule has 3 heterocycles. The van der Waals surface area contributed by atoms with Crippen LogP contribution in [0.15, 0.2) is 29.9 Å². The first-order chi connectivity index (χ1) is 11.7. The van der Waals surface area contributed by atoms with Crippen molar-refractivity contribution in [1.29, 1.82) is 0 Å². The minimum Gasteiger partial charge on any atom is -0.352 e. The molecule has 0 aliphatic carbocycles. The third-order valence-corrected chi connectivity index (χ3v) is 5.39. The van der Waals surface area contributed by atoms with E-state index in [1.54, 1.807) is 17.5 Å². The van der Waals surface area contributed by atoms with E-state index in [1.165, 1.54) is 4.88 Å². The van der Waals surface area contributed by atoms with Crippen molar-refractivity contribution in [2.45, 2.75) is 51.7 Å². The Morgan fingerprint density at radius 1 is 1.50 bits per heavy atom. The Morgan fingerprint density at radius 3 is 3.21 bits per heavy atom. The minimum atomic E-state index is 0.147. The van der Waals surface area contributed by atoms with Gasteiger partial charge in [-0.15, -0.1) is 11.3 Å². The summed E-state index contributed by atoms with van der Waals surface area (Å²) in [5, 5.41) is 5.34. The quantitative estimate of drug-likeness (QED) is 0.838. The molecule has 0 saturated carbocycles. The van der Waals surface area contributed by atoms with Crippen LogP contribution in [0.4, 0.5) is 0 Å². The zero-order chi connectivity index (χ0) is 16.8. The van der Waals surface area contributed by atoms with E-state index in [4.69, 9.17) is 0 Å². The number of rotatable bonds is 7. The molecule has 1 saturated heterocycles. The van der Waals surface area contributed by atoms with E-state index in [2.05, 4.69) is 44.2 Å². The Hall–Kier alpha value is -1.66. The van der Waals surface area contributed by atoms with E-state index in [0.29, 0.717) is 13.0 Å². The Balaban J connectivity index is 1.43. The minimum absolute atomic E-state index is 0.147. The van der Waals surface area contributed by atoms with Crippen molar-refractivity contribution in [2.75, 3.05) is 13.1 Å². The molecule has 5 nitrogen and oxygen atoms in total. The van der Waals surface area contributed by atoms with E-state index in [-0.39, 0.29) is 11.9 Å². The number of nitrogens with zero attached hydrogens (tertiary/aromatic N) is 3. The van der Waals surface area contributed by atoms with Crippen LogP contribution in [0.5, 0.6) is 0 Å². The van der Waals surface area contributed by atoms with E-state index >= 15 is 0 Å². The van der Waals surface area contributed by atoms with Gasteiger partial charge in [0, 0.05) is 55.8 Å². The van der Waals surface area contributed by atoms with Gasteiger partial charge in [0.25, 0.3) is 0 Å². The van der Waals surface area contributed by atoms with Gasteiger partial charge in [0.1, 0.15) is 5.82 Å². The molecule has 0 spiro atoms. The highest BCUT2D eigenvalue weighted by Crippen LogP contribution is 2.17. The maximum absolute atomic E-state index is 12.3. The van der Waals surface area contributed by atoms with Crippen LogP contribution in [-0.2, 0) is 24.3 Å². The summed E-state index contributed by atoms with van der Waals surface area (Å²) >= 11 is 1.80. The number of aromatic nitrogens is 2. The van der Waals surface area contributed by atoms with Crippen molar-refractivity contribution in [3.8, 4) is 0 Å². The second-order valence-electron chi connectivity index (χ2n) is 6.36. The predicted molar refractivity (Wildman–Crippen MR) is 97.0 cm³/mol. The summed E-state index contributed by atoms with van der Waals surface area (Å²) in [5.74, 6) is 1.19. The van der Waals surface area contributed by atoms with Crippen molar-refractivity contribution in [1.82, 2.24) is 19.8 Å². The van der Waals surface area contributed by atoms with Crippen LogP contribution in [0, 0.1) is 0 Å². The Morgan fingerprint density at radius 2 is 2.42 bits per heavy atom. The third kappa shape index (κ3) is 4.68. The van der Waals surface area contributed by atoms with E-state index in [9.17, 15) is 4.79 Å². The van der Waals surface area contributed by atoms with Crippen molar-refractivity contribution >= 4 is 17.2 Å². The van der Waals surface area contributed by atoms with Gasteiger partial charge in [0.15, 0.2) is 0 Å². The van der Waals surface area contributed by atoms with Gasteiger partial charge in [-0.2, -0.15) is 0 Å². The van der Waals surface area contributed by atoms with Gasteiger partial charge in [0.2, 0.25) is 5.91 Å². The van der Waals surface area contributed by atoms with E-state index in [1.807, 2.05) is 6.20 Å². The molecular formula is C18H26N4OS. The molecule has 6 heteroatoms. The molecule has 1 N–H and O–H groups in total. The summed E-state index contributed by atoms with van der Waals surface area (Å²) in [5.41, 5.74) is 0. The summed E-state index contributed by atoms with van der Waals surface area (Å²) in [6, 6.07) is 4.56. The fraction of sp³-hybridized carbons (Fsp3) is 0.556. The Bertz CT molecular complexity index is 637. The van der Waals surface area contributed by atoms with Crippen molar-refractivity contribution in [3.63, 3.8) is 0 Å². The van der Waals surface area contributed by atoms with E-state index in [0.717, 1.165) is 44.7 Å². The summed E-state index contributed by atoms with van der Waals surface area (Å²) in [6.07, 6.45) is 7.41. The number of carbonyl (C=O) groups is 1. The lowest BCUT2D eigenvalue weighted by atomic mass is 10.1. The number of likely N-dealkylation sites (tertiary alicyclic amines) is 1. The van der Waals surface area contributed by atoms with Gasteiger partial charge >= 0.3 is 0 Å². The second kappa shape index (κ2) is 8.44. The van der Waals surface area contributed by atoms with Crippen LogP contribution in [0.25, 0.3) is 0 Å². The zero-order valence-electron chi connectivity index (χ0n) is 14.3. The van der Waals surface area contributed by atoms with Crippen LogP contribution in [0.1, 0.15) is 36.9 Å². The summed E-state index contributed by atoms with van der Waals surface area (Å²) in [4.78, 5) is 20.4. The summed E-state index contributed by atoms with van der Waals surface area (Å²) < 4.78 is 2.07. The number of amides is 1. The molecule has 1 fully saturated rings. The Labute approximate surface area is 147 Å². The maximum Gasteiger partial charge on any atom is 0.222 e. The number of carbonyl (C=O) groups excluding carboxylic acids is 1. The number of aryl methyl sites for hydroxylation is 2. The van der Waals surface area contributed by atoms with Crippen LogP contribution in [-0.4, -0.2) is 39.5 Å². The highest BCUT2D eigenvalue weighted by molar-refractivity contribution is 7.09. The first kappa shape index (κ1) is 17.2. The third-order valence-electron chi connectivity index (χ3n) is 4.53. The van der Waals surface area contributed by atoms with Gasteiger partial charge in [-0.05, 0) is 30.8 Å². The molecule has 0 aromatic carbocycles. The molecular weight excluding hydrogens is 320 g/mol. The van der Waals surface area contributed by atoms with E-state index < -0.39 is 0 Å². The number of imidazole rings is 1. The lowest BCUT2D eigenvalue weighted by molar-refractivity contribution is -0.122. The average Bonchev–Trinajstić information content (AvgIpc) is 3.24. The molecule has 3 rings (SSSR count). The molecule has 0 bridgehead atoms. The molecule has 1 aliphatic heterocycles. The molecule has 1 amide bonds. The van der Waals surface area contributed by atoms with Gasteiger partial charge in [-0.1, -0.05) is 13.0 Å². The van der Waals surface area contributed by atoms with Crippen LogP contribution < -0.4 is 5.32 Å². The van der Waals surface area contributed by atoms with Gasteiger partial charge in [-0.3, -0.25) is 9.69 Å². The van der Waals surface area contributed by atoms with Gasteiger partial charge < -0.3 is 9.88 Å². The van der Waals surface area contributed by atoms with Gasteiger partial charge in [0.05, 0.1) is 0 Å². The average molecular weight is 347 g/mol. The molecule has 0 radical (unpaired) electrons. The topological polar surface area (TPSA) is 50.2 Å². The molecule has 1 atom stereocenters. The lowest BCUT2D eigenvalue weighted by Gasteiger charge is -2.32. The van der Waals surface area contributed by atoms with Crippen LogP contribution >= 0.6 is 11.3 Å².